The molecular weight excluding hydrogens is 288 g/mol. The van der Waals surface area contributed by atoms with Crippen LogP contribution >= 0.6 is 12.6 Å². The maximum absolute atomic E-state index is 11.2. The predicted molar refractivity (Wildman–Crippen MR) is 70.0 cm³/mol. The van der Waals surface area contributed by atoms with Gasteiger partial charge >= 0.3 is 17.9 Å². The normalized spacial score (nSPS) is 33.1. The molecular formula is C12H18O7S. The first kappa shape index (κ1) is 16.8. The molecule has 114 valence electrons. The molecule has 1 saturated heterocycles. The molecule has 1 heterocycles. The molecule has 0 unspecified atom stereocenters. The van der Waals surface area contributed by atoms with Crippen LogP contribution in [0.4, 0.5) is 0 Å². The third-order valence-corrected chi connectivity index (χ3v) is 3.07. The first-order valence-corrected chi connectivity index (χ1v) is 6.59. The molecule has 0 aromatic heterocycles. The molecule has 8 heteroatoms. The van der Waals surface area contributed by atoms with E-state index in [1.54, 1.807) is 6.92 Å². The predicted octanol–water partition coefficient (Wildman–Crippen LogP) is 0.456. The monoisotopic (exact) mass is 306 g/mol. The Morgan fingerprint density at radius 1 is 0.850 bits per heavy atom. The zero-order chi connectivity index (χ0) is 15.4. The van der Waals surface area contributed by atoms with Gasteiger partial charge in [0.1, 0.15) is 5.44 Å². The number of carbonyl (C=O) groups excluding carboxylic acids is 3. The van der Waals surface area contributed by atoms with Gasteiger partial charge in [0.15, 0.2) is 18.3 Å². The average Bonchev–Trinajstić information content (AvgIpc) is 2.27. The lowest BCUT2D eigenvalue weighted by Crippen LogP contribution is -2.59. The molecule has 1 fully saturated rings. The summed E-state index contributed by atoms with van der Waals surface area (Å²) in [5, 5.41) is 0. The van der Waals surface area contributed by atoms with E-state index in [4.69, 9.17) is 18.9 Å². The Morgan fingerprint density at radius 2 is 1.25 bits per heavy atom. The highest BCUT2D eigenvalue weighted by molar-refractivity contribution is 7.80. The molecule has 1 rings (SSSR count). The van der Waals surface area contributed by atoms with Gasteiger partial charge in [-0.05, 0) is 6.92 Å². The van der Waals surface area contributed by atoms with Crippen LogP contribution in [0, 0.1) is 0 Å². The number of esters is 3. The number of hydrogen-bond acceptors (Lipinski definition) is 8. The lowest BCUT2D eigenvalue weighted by atomic mass is 10.00. The van der Waals surface area contributed by atoms with Crippen molar-refractivity contribution < 1.29 is 33.3 Å². The van der Waals surface area contributed by atoms with E-state index in [2.05, 4.69) is 12.6 Å². The summed E-state index contributed by atoms with van der Waals surface area (Å²) in [7, 11) is 0. The second-order valence-electron chi connectivity index (χ2n) is 4.45. The van der Waals surface area contributed by atoms with E-state index in [1.165, 1.54) is 20.8 Å². The molecule has 1 aliphatic heterocycles. The quantitative estimate of drug-likeness (QED) is 0.460. The van der Waals surface area contributed by atoms with Crippen molar-refractivity contribution in [3.8, 4) is 0 Å². The van der Waals surface area contributed by atoms with E-state index >= 15 is 0 Å². The van der Waals surface area contributed by atoms with Gasteiger partial charge in [-0.3, -0.25) is 14.4 Å². The van der Waals surface area contributed by atoms with Gasteiger partial charge < -0.3 is 18.9 Å². The topological polar surface area (TPSA) is 88.1 Å². The van der Waals surface area contributed by atoms with E-state index in [0.29, 0.717) is 0 Å². The second kappa shape index (κ2) is 6.94. The third-order valence-electron chi connectivity index (χ3n) is 2.65. The summed E-state index contributed by atoms with van der Waals surface area (Å²) in [5.74, 6) is -1.72. The summed E-state index contributed by atoms with van der Waals surface area (Å²) in [5.41, 5.74) is -0.787. The number of ether oxygens (including phenoxy) is 4. The highest BCUT2D eigenvalue weighted by atomic mass is 32.1. The first-order valence-electron chi connectivity index (χ1n) is 6.07. The summed E-state index contributed by atoms with van der Waals surface area (Å²) < 4.78 is 20.8. The first-order chi connectivity index (χ1) is 9.22. The number of thiol groups is 1. The fraction of sp³-hybridized carbons (Fsp3) is 0.750. The van der Waals surface area contributed by atoms with Crippen LogP contribution in [0.25, 0.3) is 0 Å². The fourth-order valence-electron chi connectivity index (χ4n) is 1.99. The molecule has 0 aromatic rings. The van der Waals surface area contributed by atoms with E-state index in [9.17, 15) is 14.4 Å². The lowest BCUT2D eigenvalue weighted by molar-refractivity contribution is -0.228. The molecule has 0 radical (unpaired) electrons. The van der Waals surface area contributed by atoms with E-state index in [-0.39, 0.29) is 0 Å². The molecule has 1 aliphatic rings. The summed E-state index contributed by atoms with van der Waals surface area (Å²) in [6.07, 6.45) is -3.35. The Labute approximate surface area is 122 Å². The van der Waals surface area contributed by atoms with Crippen LogP contribution < -0.4 is 0 Å². The number of rotatable bonds is 3. The van der Waals surface area contributed by atoms with Crippen molar-refractivity contribution in [1.82, 2.24) is 0 Å². The van der Waals surface area contributed by atoms with Crippen LogP contribution in [-0.2, 0) is 33.3 Å². The Bertz CT molecular complexity index is 369. The largest absolute Gasteiger partial charge is 0.456 e. The van der Waals surface area contributed by atoms with Gasteiger partial charge in [-0.1, -0.05) is 0 Å². The van der Waals surface area contributed by atoms with E-state index in [0.717, 1.165) is 0 Å². The van der Waals surface area contributed by atoms with Gasteiger partial charge in [-0.15, -0.1) is 12.6 Å². The van der Waals surface area contributed by atoms with Gasteiger partial charge in [0, 0.05) is 20.8 Å². The van der Waals surface area contributed by atoms with Crippen LogP contribution in [-0.4, -0.2) is 47.8 Å². The zero-order valence-corrected chi connectivity index (χ0v) is 12.6. The van der Waals surface area contributed by atoms with Crippen molar-refractivity contribution in [2.75, 3.05) is 0 Å². The van der Waals surface area contributed by atoms with Crippen LogP contribution in [0.1, 0.15) is 27.7 Å². The minimum Gasteiger partial charge on any atom is -0.456 e. The molecule has 0 saturated carbocycles. The van der Waals surface area contributed by atoms with Crippen molar-refractivity contribution in [2.24, 2.45) is 0 Å². The van der Waals surface area contributed by atoms with Crippen molar-refractivity contribution in [2.45, 2.75) is 57.5 Å². The Kier molecular flexibility index (Phi) is 5.82. The van der Waals surface area contributed by atoms with E-state index < -0.39 is 47.8 Å². The number of carbonyl (C=O) groups is 3. The molecule has 0 amide bonds. The smallest absolute Gasteiger partial charge is 0.303 e. The minimum absolute atomic E-state index is 0.554. The second-order valence-corrected chi connectivity index (χ2v) is 4.96. The molecule has 20 heavy (non-hydrogen) atoms. The van der Waals surface area contributed by atoms with Crippen molar-refractivity contribution in [3.63, 3.8) is 0 Å². The molecule has 7 nitrogen and oxygen atoms in total. The molecule has 0 bridgehead atoms. The molecule has 0 N–H and O–H groups in total. The molecule has 5 atom stereocenters. The average molecular weight is 306 g/mol. The van der Waals surface area contributed by atoms with Crippen molar-refractivity contribution in [1.29, 1.82) is 0 Å². The maximum Gasteiger partial charge on any atom is 0.303 e. The highest BCUT2D eigenvalue weighted by Gasteiger charge is 2.49. The van der Waals surface area contributed by atoms with Gasteiger partial charge in [-0.2, -0.15) is 0 Å². The van der Waals surface area contributed by atoms with Crippen molar-refractivity contribution in [3.05, 3.63) is 0 Å². The van der Waals surface area contributed by atoms with Gasteiger partial charge in [0.25, 0.3) is 0 Å². The van der Waals surface area contributed by atoms with Gasteiger partial charge in [0.05, 0.1) is 6.10 Å². The van der Waals surface area contributed by atoms with Crippen LogP contribution in [0.15, 0.2) is 0 Å². The molecule has 0 aliphatic carbocycles. The van der Waals surface area contributed by atoms with Crippen molar-refractivity contribution >= 4 is 30.5 Å². The van der Waals surface area contributed by atoms with Crippen LogP contribution in [0.3, 0.4) is 0 Å². The van der Waals surface area contributed by atoms with E-state index in [1.807, 2.05) is 0 Å². The van der Waals surface area contributed by atoms with Crippen LogP contribution in [0.2, 0.25) is 0 Å². The Balaban J connectivity index is 3.01. The molecule has 0 spiro atoms. The zero-order valence-electron chi connectivity index (χ0n) is 11.7. The third kappa shape index (κ3) is 4.38. The standard InChI is InChI=1S/C12H18O7S/c1-5-9(17-6(2)13)10(18-7(3)14)11(12(20)16-5)19-8(4)15/h5,9-12,20H,1-4H3/t5-,9-,10+,11+,12+/m0/s1. The Hall–Kier alpha value is -1.28. The van der Waals surface area contributed by atoms with Gasteiger partial charge in [0.2, 0.25) is 0 Å². The molecule has 0 aromatic carbocycles. The number of hydrogen-bond donors (Lipinski definition) is 1. The maximum atomic E-state index is 11.2. The summed E-state index contributed by atoms with van der Waals surface area (Å²) >= 11 is 4.17. The van der Waals surface area contributed by atoms with Crippen LogP contribution in [0.5, 0.6) is 0 Å². The SMILES string of the molecule is CC(=O)O[C@@H]1[C@@H](OC(C)=O)[C@H](C)O[C@H](S)[C@@H]1OC(C)=O. The summed E-state index contributed by atoms with van der Waals surface area (Å²) in [4.78, 5) is 33.5. The minimum atomic E-state index is -0.966. The fourth-order valence-corrected chi connectivity index (χ4v) is 2.41. The lowest BCUT2D eigenvalue weighted by Gasteiger charge is -2.42. The highest BCUT2D eigenvalue weighted by Crippen LogP contribution is 2.29. The van der Waals surface area contributed by atoms with Gasteiger partial charge in [-0.25, -0.2) is 0 Å². The summed E-state index contributed by atoms with van der Waals surface area (Å²) in [6, 6.07) is 0. The Morgan fingerprint density at radius 3 is 1.70 bits per heavy atom. The summed E-state index contributed by atoms with van der Waals surface area (Å²) in [6.45, 7) is 5.30.